The topological polar surface area (TPSA) is 29.4 Å². The van der Waals surface area contributed by atoms with Crippen molar-refractivity contribution in [1.82, 2.24) is 0 Å². The number of hydrogen-bond acceptors (Lipinski definition) is 2. The number of ketones is 1. The lowest BCUT2D eigenvalue weighted by atomic mass is 9.89. The molecule has 1 unspecified atom stereocenters. The van der Waals surface area contributed by atoms with Gasteiger partial charge >= 0.3 is 0 Å². The molecule has 0 aliphatic carbocycles. The van der Waals surface area contributed by atoms with Crippen molar-refractivity contribution in [2.24, 2.45) is 4.99 Å². The molecule has 0 saturated heterocycles. The van der Waals surface area contributed by atoms with Crippen molar-refractivity contribution in [3.8, 4) is 0 Å². The van der Waals surface area contributed by atoms with E-state index in [1.54, 1.807) is 6.92 Å². The van der Waals surface area contributed by atoms with E-state index in [2.05, 4.69) is 18.0 Å². The van der Waals surface area contributed by atoms with Crippen LogP contribution in [0.4, 0.5) is 0 Å². The van der Waals surface area contributed by atoms with Crippen molar-refractivity contribution in [1.29, 1.82) is 0 Å². The number of aliphatic imine (C=N–C) groups is 1. The second-order valence-electron chi connectivity index (χ2n) is 4.00. The minimum atomic E-state index is 0.116. The summed E-state index contributed by atoms with van der Waals surface area (Å²) in [5.41, 5.74) is 3.22. The van der Waals surface area contributed by atoms with Crippen LogP contribution in [0.1, 0.15) is 47.7 Å². The number of carbonyl (C=O) groups excluding carboxylic acids is 1. The smallest absolute Gasteiger partial charge is 0.159 e. The third-order valence-corrected chi connectivity index (χ3v) is 2.98. The first kappa shape index (κ1) is 10.1. The first-order chi connectivity index (χ1) is 7.22. The Hall–Kier alpha value is -1.44. The summed E-state index contributed by atoms with van der Waals surface area (Å²) < 4.78 is 0. The lowest BCUT2D eigenvalue weighted by Gasteiger charge is -2.19. The quantitative estimate of drug-likeness (QED) is 0.676. The summed E-state index contributed by atoms with van der Waals surface area (Å²) in [6.45, 7) is 4.65. The Morgan fingerprint density at radius 2 is 2.33 bits per heavy atom. The molecule has 0 fully saturated rings. The molecule has 1 aromatic carbocycles. The molecule has 2 heteroatoms. The van der Waals surface area contributed by atoms with Crippen LogP contribution in [-0.4, -0.2) is 18.5 Å². The van der Waals surface area contributed by atoms with Gasteiger partial charge in [0, 0.05) is 24.2 Å². The molecule has 1 atom stereocenters. The van der Waals surface area contributed by atoms with Crippen LogP contribution in [0.25, 0.3) is 0 Å². The Balaban J connectivity index is 2.46. The Morgan fingerprint density at radius 1 is 1.53 bits per heavy atom. The van der Waals surface area contributed by atoms with E-state index in [-0.39, 0.29) is 5.78 Å². The molecule has 0 bridgehead atoms. The Kier molecular flexibility index (Phi) is 2.67. The maximum absolute atomic E-state index is 11.2. The van der Waals surface area contributed by atoms with Gasteiger partial charge in [0.05, 0.1) is 0 Å². The molecule has 1 aliphatic heterocycles. The third kappa shape index (κ3) is 1.84. The standard InChI is InChI=1S/C13H15NO/c1-3-10-7-14-8-12-6-11(9(2)15)4-5-13(10)12/h4-6,8,10H,3,7H2,1-2H3. The summed E-state index contributed by atoms with van der Waals surface area (Å²) in [6, 6.07) is 5.94. The average molecular weight is 201 g/mol. The van der Waals surface area contributed by atoms with E-state index in [0.717, 1.165) is 24.1 Å². The predicted octanol–water partition coefficient (Wildman–Crippen LogP) is 2.82. The van der Waals surface area contributed by atoms with E-state index < -0.39 is 0 Å². The summed E-state index contributed by atoms with van der Waals surface area (Å²) in [4.78, 5) is 15.6. The van der Waals surface area contributed by atoms with Crippen LogP contribution in [0.15, 0.2) is 23.2 Å². The van der Waals surface area contributed by atoms with E-state index in [0.29, 0.717) is 5.92 Å². The predicted molar refractivity (Wildman–Crippen MR) is 61.9 cm³/mol. The fraction of sp³-hybridized carbons (Fsp3) is 0.385. The molecule has 15 heavy (non-hydrogen) atoms. The maximum atomic E-state index is 11.2. The molecule has 0 N–H and O–H groups in total. The number of benzene rings is 1. The van der Waals surface area contributed by atoms with Gasteiger partial charge in [-0.1, -0.05) is 19.1 Å². The van der Waals surface area contributed by atoms with Gasteiger partial charge in [-0.05, 0) is 30.5 Å². The molecular formula is C13H15NO. The third-order valence-electron chi connectivity index (χ3n) is 2.98. The summed E-state index contributed by atoms with van der Waals surface area (Å²) in [6.07, 6.45) is 2.98. The first-order valence-electron chi connectivity index (χ1n) is 5.37. The van der Waals surface area contributed by atoms with E-state index in [9.17, 15) is 4.79 Å². The van der Waals surface area contributed by atoms with Gasteiger partial charge in [-0.15, -0.1) is 0 Å². The van der Waals surface area contributed by atoms with Crippen molar-refractivity contribution in [3.63, 3.8) is 0 Å². The van der Waals surface area contributed by atoms with Gasteiger partial charge in [0.1, 0.15) is 0 Å². The van der Waals surface area contributed by atoms with E-state index >= 15 is 0 Å². The first-order valence-corrected chi connectivity index (χ1v) is 5.37. The number of hydrogen-bond donors (Lipinski definition) is 0. The lowest BCUT2D eigenvalue weighted by Crippen LogP contribution is -2.11. The summed E-state index contributed by atoms with van der Waals surface area (Å²) in [5, 5.41) is 0. The largest absolute Gasteiger partial charge is 0.295 e. The number of carbonyl (C=O) groups is 1. The van der Waals surface area contributed by atoms with Crippen molar-refractivity contribution in [3.05, 3.63) is 34.9 Å². The number of nitrogens with zero attached hydrogens (tertiary/aromatic N) is 1. The highest BCUT2D eigenvalue weighted by Gasteiger charge is 2.16. The highest BCUT2D eigenvalue weighted by Crippen LogP contribution is 2.26. The Bertz CT molecular complexity index is 421. The molecule has 1 aliphatic rings. The van der Waals surface area contributed by atoms with Gasteiger partial charge in [-0.2, -0.15) is 0 Å². The molecule has 0 amide bonds. The Labute approximate surface area is 90.0 Å². The fourth-order valence-corrected chi connectivity index (χ4v) is 2.00. The van der Waals surface area contributed by atoms with Crippen LogP contribution < -0.4 is 0 Å². The average Bonchev–Trinajstić information content (AvgIpc) is 2.27. The zero-order valence-corrected chi connectivity index (χ0v) is 9.16. The van der Waals surface area contributed by atoms with Gasteiger partial charge in [0.2, 0.25) is 0 Å². The molecular weight excluding hydrogens is 186 g/mol. The molecule has 1 aromatic rings. The summed E-state index contributed by atoms with van der Waals surface area (Å²) >= 11 is 0. The van der Waals surface area contributed by atoms with E-state index in [4.69, 9.17) is 0 Å². The second-order valence-corrected chi connectivity index (χ2v) is 4.00. The van der Waals surface area contributed by atoms with Gasteiger partial charge in [0.15, 0.2) is 5.78 Å². The van der Waals surface area contributed by atoms with E-state index in [1.807, 2.05) is 18.3 Å². The molecule has 2 rings (SSSR count). The summed E-state index contributed by atoms with van der Waals surface area (Å²) in [5.74, 6) is 0.635. The fourth-order valence-electron chi connectivity index (χ4n) is 2.00. The zero-order valence-electron chi connectivity index (χ0n) is 9.16. The highest BCUT2D eigenvalue weighted by atomic mass is 16.1. The van der Waals surface area contributed by atoms with Crippen LogP contribution in [0.5, 0.6) is 0 Å². The van der Waals surface area contributed by atoms with Crippen LogP contribution >= 0.6 is 0 Å². The van der Waals surface area contributed by atoms with Gasteiger partial charge < -0.3 is 0 Å². The van der Waals surface area contributed by atoms with Crippen molar-refractivity contribution in [2.75, 3.05) is 6.54 Å². The SMILES string of the molecule is CCC1CN=Cc2cc(C(C)=O)ccc21. The molecule has 78 valence electrons. The van der Waals surface area contributed by atoms with Gasteiger partial charge in [-0.3, -0.25) is 9.79 Å². The molecule has 1 heterocycles. The molecule has 0 spiro atoms. The molecule has 0 saturated carbocycles. The minimum absolute atomic E-state index is 0.116. The minimum Gasteiger partial charge on any atom is -0.295 e. The van der Waals surface area contributed by atoms with Crippen LogP contribution in [0.2, 0.25) is 0 Å². The van der Waals surface area contributed by atoms with Crippen molar-refractivity contribution >= 4 is 12.0 Å². The molecule has 0 radical (unpaired) electrons. The van der Waals surface area contributed by atoms with E-state index in [1.165, 1.54) is 5.56 Å². The van der Waals surface area contributed by atoms with Crippen LogP contribution in [0.3, 0.4) is 0 Å². The van der Waals surface area contributed by atoms with Crippen LogP contribution in [0, 0.1) is 0 Å². The zero-order chi connectivity index (χ0) is 10.8. The normalized spacial score (nSPS) is 18.7. The number of Topliss-reactive ketones (excluding diaryl/α,β-unsaturated/α-hetero) is 1. The maximum Gasteiger partial charge on any atom is 0.159 e. The lowest BCUT2D eigenvalue weighted by molar-refractivity contribution is 0.101. The van der Waals surface area contributed by atoms with Gasteiger partial charge in [0.25, 0.3) is 0 Å². The van der Waals surface area contributed by atoms with Crippen molar-refractivity contribution < 1.29 is 4.79 Å². The molecule has 0 aromatic heterocycles. The summed E-state index contributed by atoms with van der Waals surface area (Å²) in [7, 11) is 0. The monoisotopic (exact) mass is 201 g/mol. The Morgan fingerprint density at radius 3 is 3.00 bits per heavy atom. The van der Waals surface area contributed by atoms with Crippen molar-refractivity contribution in [2.45, 2.75) is 26.2 Å². The molecule has 2 nitrogen and oxygen atoms in total. The number of rotatable bonds is 2. The highest BCUT2D eigenvalue weighted by molar-refractivity contribution is 5.96. The van der Waals surface area contributed by atoms with Gasteiger partial charge in [-0.25, -0.2) is 0 Å². The second kappa shape index (κ2) is 3.97. The number of fused-ring (bicyclic) bond motifs is 1. The van der Waals surface area contributed by atoms with Crippen LogP contribution in [-0.2, 0) is 0 Å².